The lowest BCUT2D eigenvalue weighted by Gasteiger charge is -2.43. The van der Waals surface area contributed by atoms with Gasteiger partial charge in [0.25, 0.3) is 0 Å². The van der Waals surface area contributed by atoms with Crippen molar-refractivity contribution in [3.05, 3.63) is 98.0 Å². The normalized spacial score (nSPS) is 27.7. The summed E-state index contributed by atoms with van der Waals surface area (Å²) in [5.74, 6) is 1.05. The number of benzene rings is 3. The van der Waals surface area contributed by atoms with E-state index in [1.54, 1.807) is 50.2 Å². The molecule has 1 aromatic heterocycles. The first-order chi connectivity index (χ1) is 21.9. The van der Waals surface area contributed by atoms with E-state index in [-0.39, 0.29) is 57.4 Å². The molecule has 10 heteroatoms. The molecule has 2 bridgehead atoms. The van der Waals surface area contributed by atoms with Gasteiger partial charge in [0.2, 0.25) is 11.8 Å². The van der Waals surface area contributed by atoms with Crippen LogP contribution in [0, 0.1) is 36.5 Å². The van der Waals surface area contributed by atoms with Crippen LogP contribution in [0.1, 0.15) is 33.9 Å². The summed E-state index contributed by atoms with van der Waals surface area (Å²) >= 11 is 2.93. The highest BCUT2D eigenvalue weighted by Crippen LogP contribution is 2.68. The van der Waals surface area contributed by atoms with E-state index in [4.69, 9.17) is 14.2 Å². The van der Waals surface area contributed by atoms with Gasteiger partial charge >= 0.3 is 4.87 Å². The molecule has 7 atom stereocenters. The van der Waals surface area contributed by atoms with E-state index in [1.807, 2.05) is 24.3 Å². The Morgan fingerprint density at radius 3 is 2.38 bits per heavy atom. The molecule has 3 aromatic carbocycles. The lowest BCUT2D eigenvalue weighted by atomic mass is 9.68. The molecule has 1 saturated heterocycles. The Hall–Kier alpha value is -4.02. The van der Waals surface area contributed by atoms with Crippen LogP contribution < -0.4 is 24.0 Å². The monoisotopic (exact) mass is 640 g/mol. The second kappa shape index (κ2) is 10.8. The number of rotatable bonds is 7. The molecule has 8 nitrogen and oxygen atoms in total. The number of ether oxygens (including phenoxy) is 3. The van der Waals surface area contributed by atoms with Crippen molar-refractivity contribution in [2.24, 2.45) is 29.6 Å². The molecule has 0 spiro atoms. The molecule has 3 heterocycles. The summed E-state index contributed by atoms with van der Waals surface area (Å²) in [6.45, 7) is 2.49. The van der Waals surface area contributed by atoms with Gasteiger partial charge in [-0.15, -0.1) is 11.8 Å². The maximum Gasteiger partial charge on any atom is 0.305 e. The first-order valence-corrected chi connectivity index (χ1v) is 16.8. The topological polar surface area (TPSA) is 97.9 Å². The molecule has 2 aliphatic heterocycles. The zero-order chi connectivity index (χ0) is 31.0. The van der Waals surface area contributed by atoms with Gasteiger partial charge in [0.15, 0.2) is 11.5 Å². The van der Waals surface area contributed by atoms with Crippen LogP contribution in [0.5, 0.6) is 17.2 Å². The number of aromatic nitrogens is 1. The van der Waals surface area contributed by atoms with Crippen LogP contribution in [0.25, 0.3) is 0 Å². The average Bonchev–Trinajstić information content (AvgIpc) is 3.79. The number of carbonyl (C=O) groups is 2. The van der Waals surface area contributed by atoms with E-state index in [1.165, 1.54) is 16.2 Å². The number of amides is 2. The van der Waals surface area contributed by atoms with Crippen molar-refractivity contribution < 1.29 is 23.8 Å². The highest BCUT2D eigenvalue weighted by molar-refractivity contribution is 8.00. The number of aromatic amines is 1. The molecule has 0 unspecified atom stereocenters. The number of anilines is 1. The van der Waals surface area contributed by atoms with Crippen molar-refractivity contribution in [3.8, 4) is 17.2 Å². The van der Waals surface area contributed by atoms with Crippen molar-refractivity contribution in [3.63, 3.8) is 0 Å². The largest absolute Gasteiger partial charge is 0.497 e. The molecule has 2 amide bonds. The predicted molar refractivity (Wildman–Crippen MR) is 172 cm³/mol. The number of nitrogens with zero attached hydrogens (tertiary/aromatic N) is 1. The number of fused-ring (bicyclic) bond motifs is 9. The van der Waals surface area contributed by atoms with Gasteiger partial charge in [0.1, 0.15) is 12.4 Å². The third-order valence-corrected chi connectivity index (χ3v) is 12.8. The Morgan fingerprint density at radius 1 is 0.889 bits per heavy atom. The minimum atomic E-state index is -0.371. The number of nitrogens with one attached hydrogen (secondary N) is 1. The first kappa shape index (κ1) is 28.5. The molecule has 4 aromatic rings. The van der Waals surface area contributed by atoms with Gasteiger partial charge in [-0.05, 0) is 84.2 Å². The molecule has 45 heavy (non-hydrogen) atoms. The van der Waals surface area contributed by atoms with Gasteiger partial charge < -0.3 is 19.2 Å². The number of hydrogen-bond acceptors (Lipinski definition) is 8. The Kier molecular flexibility index (Phi) is 6.83. The standard InChI is InChI=1S/C35H32N2O6S2/c1-17-6-4-5-7-19(17)16-43-24-13-8-18(14-25(24)42-3)26-27-22-15-23(30(27)44-32-31(26)45-35(40)36-32)29-28(22)33(38)37(34(29)39)20-9-11-21(41-2)12-10-20/h4-14,22-23,26-30H,15-16H2,1-3H3,(H,36,40)/t22-,23-,26+,27+,28+,29+,30-/m1/s1. The minimum absolute atomic E-state index is 0.0236. The number of imide groups is 1. The van der Waals surface area contributed by atoms with Gasteiger partial charge in [0.05, 0.1) is 36.8 Å². The maximum atomic E-state index is 14.0. The molecule has 0 radical (unpaired) electrons. The van der Waals surface area contributed by atoms with Crippen LogP contribution in [0.4, 0.5) is 5.69 Å². The minimum Gasteiger partial charge on any atom is -0.497 e. The van der Waals surface area contributed by atoms with Crippen molar-refractivity contribution in [2.45, 2.75) is 36.1 Å². The highest BCUT2D eigenvalue weighted by atomic mass is 32.2. The van der Waals surface area contributed by atoms with Crippen molar-refractivity contribution in [1.82, 2.24) is 4.98 Å². The number of aryl methyl sites for hydroxylation is 1. The van der Waals surface area contributed by atoms with Gasteiger partial charge in [-0.3, -0.25) is 19.3 Å². The molecule has 2 saturated carbocycles. The molecular weight excluding hydrogens is 609 g/mol. The quantitative estimate of drug-likeness (QED) is 0.247. The molecule has 230 valence electrons. The van der Waals surface area contributed by atoms with Gasteiger partial charge in [0, 0.05) is 16.0 Å². The zero-order valence-electron chi connectivity index (χ0n) is 25.0. The van der Waals surface area contributed by atoms with Crippen molar-refractivity contribution in [2.75, 3.05) is 19.1 Å². The Balaban J connectivity index is 1.14. The van der Waals surface area contributed by atoms with Crippen LogP contribution in [-0.4, -0.2) is 36.3 Å². The Bertz CT molecular complexity index is 1880. The molecule has 3 fully saturated rings. The number of thiazole rings is 1. The number of methoxy groups -OCH3 is 2. The molecular formula is C35H32N2O6S2. The summed E-state index contributed by atoms with van der Waals surface area (Å²) < 4.78 is 17.3. The van der Waals surface area contributed by atoms with E-state index >= 15 is 0 Å². The van der Waals surface area contributed by atoms with E-state index < -0.39 is 0 Å². The molecule has 1 N–H and O–H groups in total. The Labute approximate surface area is 268 Å². The van der Waals surface area contributed by atoms with Crippen LogP contribution in [-0.2, 0) is 16.2 Å². The fraction of sp³-hybridized carbons (Fsp3) is 0.343. The van der Waals surface area contributed by atoms with E-state index in [0.29, 0.717) is 29.5 Å². The van der Waals surface area contributed by atoms with Gasteiger partial charge in [-0.25, -0.2) is 0 Å². The smallest absolute Gasteiger partial charge is 0.305 e. The predicted octanol–water partition coefficient (Wildman–Crippen LogP) is 6.02. The van der Waals surface area contributed by atoms with E-state index in [0.717, 1.165) is 33.0 Å². The van der Waals surface area contributed by atoms with Gasteiger partial charge in [-0.2, -0.15) is 0 Å². The summed E-state index contributed by atoms with van der Waals surface area (Å²) in [6, 6.07) is 21.3. The SMILES string of the molecule is COc1ccc(N2C(=O)[C@H]3[C@H]4C[C@@H]([C@@H]3C2=O)[C@H]2[C@H](c3ccc(OCc5ccccc5C)c(OC)c3)c3sc(=O)[nH]c3S[C@H]42)cc1. The van der Waals surface area contributed by atoms with Crippen molar-refractivity contribution in [1.29, 1.82) is 0 Å². The summed E-state index contributed by atoms with van der Waals surface area (Å²) in [7, 11) is 3.23. The average molecular weight is 641 g/mol. The molecule has 8 rings (SSSR count). The van der Waals surface area contributed by atoms with E-state index in [9.17, 15) is 14.4 Å². The maximum absolute atomic E-state index is 14.0. The summed E-state index contributed by atoms with van der Waals surface area (Å²) in [5.41, 5.74) is 3.87. The second-order valence-corrected chi connectivity index (χ2v) is 14.5. The molecule has 2 aliphatic carbocycles. The van der Waals surface area contributed by atoms with Crippen LogP contribution >= 0.6 is 23.1 Å². The van der Waals surface area contributed by atoms with Gasteiger partial charge in [-0.1, -0.05) is 41.7 Å². The number of hydrogen-bond donors (Lipinski definition) is 1. The number of H-pyrrole nitrogens is 1. The number of thioether (sulfide) groups is 1. The zero-order valence-corrected chi connectivity index (χ0v) is 26.7. The number of carbonyl (C=O) groups excluding carboxylic acids is 2. The third-order valence-electron chi connectivity index (χ3n) is 10.2. The first-order valence-electron chi connectivity index (χ1n) is 15.1. The summed E-state index contributed by atoms with van der Waals surface area (Å²) in [5, 5.41) is 0.984. The summed E-state index contributed by atoms with van der Waals surface area (Å²) in [4.78, 5) is 46.0. The van der Waals surface area contributed by atoms with Crippen LogP contribution in [0.15, 0.2) is 76.6 Å². The highest BCUT2D eigenvalue weighted by Gasteiger charge is 2.69. The Morgan fingerprint density at radius 2 is 1.64 bits per heavy atom. The van der Waals surface area contributed by atoms with E-state index in [2.05, 4.69) is 30.1 Å². The van der Waals surface area contributed by atoms with Crippen LogP contribution in [0.3, 0.4) is 0 Å². The fourth-order valence-corrected chi connectivity index (χ4v) is 11.2. The third kappa shape index (κ3) is 4.36. The lowest BCUT2D eigenvalue weighted by Crippen LogP contribution is -2.42. The lowest BCUT2D eigenvalue weighted by molar-refractivity contribution is -0.123. The van der Waals surface area contributed by atoms with Crippen LogP contribution in [0.2, 0.25) is 0 Å². The second-order valence-electron chi connectivity index (χ2n) is 12.3. The summed E-state index contributed by atoms with van der Waals surface area (Å²) in [6.07, 6.45) is 0.829. The molecule has 4 aliphatic rings. The fourth-order valence-electron chi connectivity index (χ4n) is 8.30. The van der Waals surface area contributed by atoms with Crippen molar-refractivity contribution >= 4 is 40.6 Å².